The molecule has 2 unspecified atom stereocenters. The normalized spacial score (nSPS) is 35.5. The number of sulfone groups is 1. The highest BCUT2D eigenvalue weighted by molar-refractivity contribution is 7.92. The third-order valence-corrected chi connectivity index (χ3v) is 4.99. The molecule has 0 aromatic rings. The van der Waals surface area contributed by atoms with Crippen molar-refractivity contribution in [2.75, 3.05) is 12.4 Å². The molecular weight excluding hydrogens is 206 g/mol. The van der Waals surface area contributed by atoms with E-state index in [1.165, 1.54) is 6.92 Å². The zero-order chi connectivity index (χ0) is 11.0. The fourth-order valence-electron chi connectivity index (χ4n) is 1.55. The van der Waals surface area contributed by atoms with Crippen molar-refractivity contribution >= 4 is 15.8 Å². The summed E-state index contributed by atoms with van der Waals surface area (Å²) in [5, 5.41) is -0.853. The van der Waals surface area contributed by atoms with Crippen LogP contribution in [0.2, 0.25) is 0 Å². The molecule has 0 bridgehead atoms. The lowest BCUT2D eigenvalue weighted by atomic mass is 9.94. The summed E-state index contributed by atoms with van der Waals surface area (Å²) >= 11 is 0. The van der Waals surface area contributed by atoms with Crippen LogP contribution in [0.4, 0.5) is 0 Å². The molecular formula is C8H15NO4S. The molecule has 1 heterocycles. The Morgan fingerprint density at radius 1 is 1.64 bits per heavy atom. The van der Waals surface area contributed by atoms with Gasteiger partial charge in [-0.05, 0) is 20.3 Å². The number of hydrogen-bond acceptors (Lipinski definition) is 5. The molecule has 1 aliphatic heterocycles. The lowest BCUT2D eigenvalue weighted by Crippen LogP contribution is -2.55. The Labute approximate surface area is 83.5 Å². The third kappa shape index (κ3) is 1.64. The Morgan fingerprint density at radius 2 is 2.21 bits per heavy atom. The molecule has 0 amide bonds. The van der Waals surface area contributed by atoms with Gasteiger partial charge in [-0.1, -0.05) is 0 Å². The van der Waals surface area contributed by atoms with Crippen LogP contribution in [-0.2, 0) is 19.4 Å². The number of carbonyl (C=O) groups excluding carboxylic acids is 1. The second-order valence-electron chi connectivity index (χ2n) is 3.52. The van der Waals surface area contributed by atoms with Gasteiger partial charge in [0.2, 0.25) is 0 Å². The minimum absolute atomic E-state index is 0.0382. The number of nitrogens with two attached hydrogens (primary N) is 1. The van der Waals surface area contributed by atoms with Crippen molar-refractivity contribution < 1.29 is 17.9 Å². The van der Waals surface area contributed by atoms with E-state index in [9.17, 15) is 13.2 Å². The van der Waals surface area contributed by atoms with Crippen LogP contribution in [0.5, 0.6) is 0 Å². The monoisotopic (exact) mass is 221 g/mol. The number of ether oxygens (including phenoxy) is 1. The predicted octanol–water partition coefficient (Wildman–Crippen LogP) is -0.546. The van der Waals surface area contributed by atoms with E-state index in [4.69, 9.17) is 10.5 Å². The van der Waals surface area contributed by atoms with E-state index in [0.29, 0.717) is 0 Å². The van der Waals surface area contributed by atoms with Gasteiger partial charge in [-0.25, -0.2) is 8.42 Å². The van der Waals surface area contributed by atoms with Crippen molar-refractivity contribution in [3.8, 4) is 0 Å². The molecule has 2 N–H and O–H groups in total. The van der Waals surface area contributed by atoms with E-state index in [1.54, 1.807) is 6.92 Å². The van der Waals surface area contributed by atoms with E-state index in [2.05, 4.69) is 0 Å². The Balaban J connectivity index is 2.93. The van der Waals surface area contributed by atoms with E-state index < -0.39 is 26.6 Å². The first kappa shape index (κ1) is 11.5. The Hall–Kier alpha value is -0.620. The molecule has 1 rings (SSSR count). The average molecular weight is 221 g/mol. The largest absolute Gasteiger partial charge is 0.465 e. The van der Waals surface area contributed by atoms with Crippen molar-refractivity contribution in [3.05, 3.63) is 0 Å². The number of hydrogen-bond donors (Lipinski definition) is 1. The van der Waals surface area contributed by atoms with Crippen LogP contribution >= 0.6 is 0 Å². The number of carbonyl (C=O) groups is 1. The third-order valence-electron chi connectivity index (χ3n) is 2.72. The van der Waals surface area contributed by atoms with Crippen molar-refractivity contribution in [1.29, 1.82) is 0 Å². The van der Waals surface area contributed by atoms with Gasteiger partial charge in [0, 0.05) is 0 Å². The smallest absolute Gasteiger partial charge is 0.327 e. The maximum atomic E-state index is 11.5. The van der Waals surface area contributed by atoms with Gasteiger partial charge in [-0.2, -0.15) is 0 Å². The molecule has 14 heavy (non-hydrogen) atoms. The summed E-state index contributed by atoms with van der Waals surface area (Å²) in [4.78, 5) is 11.5. The van der Waals surface area contributed by atoms with E-state index in [1.807, 2.05) is 0 Å². The van der Waals surface area contributed by atoms with Gasteiger partial charge in [0.25, 0.3) is 0 Å². The summed E-state index contributed by atoms with van der Waals surface area (Å²) in [6.45, 7) is 3.33. The maximum absolute atomic E-state index is 11.5. The second-order valence-corrected chi connectivity index (χ2v) is 5.96. The topological polar surface area (TPSA) is 86.5 Å². The zero-order valence-corrected chi connectivity index (χ0v) is 9.13. The summed E-state index contributed by atoms with van der Waals surface area (Å²) in [7, 11) is -3.22. The standard InChI is InChI=1S/C8H15NO4S/c1-3-13-7(10)8(9)4-5-14(11,12)6(8)2/h6H,3-5,9H2,1-2H3. The minimum Gasteiger partial charge on any atom is -0.465 e. The average Bonchev–Trinajstić information content (AvgIpc) is 2.32. The first-order valence-corrected chi connectivity index (χ1v) is 6.24. The second kappa shape index (κ2) is 3.51. The molecule has 1 saturated heterocycles. The fourth-order valence-corrected chi connectivity index (χ4v) is 3.38. The van der Waals surface area contributed by atoms with Crippen LogP contribution in [0, 0.1) is 0 Å². The van der Waals surface area contributed by atoms with Gasteiger partial charge in [0.1, 0.15) is 5.54 Å². The van der Waals surface area contributed by atoms with Crippen molar-refractivity contribution in [2.24, 2.45) is 5.73 Å². The van der Waals surface area contributed by atoms with Gasteiger partial charge in [-0.15, -0.1) is 0 Å². The van der Waals surface area contributed by atoms with Crippen molar-refractivity contribution in [2.45, 2.75) is 31.1 Å². The quantitative estimate of drug-likeness (QED) is 0.632. The number of rotatable bonds is 2. The molecule has 2 atom stereocenters. The summed E-state index contributed by atoms with van der Waals surface area (Å²) in [5.41, 5.74) is 4.40. The molecule has 82 valence electrons. The van der Waals surface area contributed by atoms with Crippen molar-refractivity contribution in [3.63, 3.8) is 0 Å². The van der Waals surface area contributed by atoms with Gasteiger partial charge in [0.15, 0.2) is 9.84 Å². The van der Waals surface area contributed by atoms with Crippen LogP contribution < -0.4 is 5.73 Å². The first-order valence-electron chi connectivity index (χ1n) is 4.52. The van der Waals surface area contributed by atoms with E-state index in [-0.39, 0.29) is 18.8 Å². The summed E-state index contributed by atoms with van der Waals surface area (Å²) in [6.07, 6.45) is 0.148. The molecule has 0 radical (unpaired) electrons. The van der Waals surface area contributed by atoms with Gasteiger partial charge in [-0.3, -0.25) is 4.79 Å². The molecule has 1 aliphatic rings. The van der Waals surface area contributed by atoms with Crippen LogP contribution in [0.25, 0.3) is 0 Å². The van der Waals surface area contributed by atoms with Gasteiger partial charge < -0.3 is 10.5 Å². The van der Waals surface area contributed by atoms with E-state index in [0.717, 1.165) is 0 Å². The maximum Gasteiger partial charge on any atom is 0.327 e. The molecule has 0 aliphatic carbocycles. The van der Waals surface area contributed by atoms with Crippen LogP contribution in [0.15, 0.2) is 0 Å². The van der Waals surface area contributed by atoms with Crippen LogP contribution in [0.3, 0.4) is 0 Å². The van der Waals surface area contributed by atoms with Crippen LogP contribution in [0.1, 0.15) is 20.3 Å². The van der Waals surface area contributed by atoms with Gasteiger partial charge in [0.05, 0.1) is 17.6 Å². The zero-order valence-electron chi connectivity index (χ0n) is 8.32. The minimum atomic E-state index is -3.22. The Kier molecular flexibility index (Phi) is 2.87. The first-order chi connectivity index (χ1) is 6.34. The lowest BCUT2D eigenvalue weighted by molar-refractivity contribution is -0.149. The molecule has 1 fully saturated rings. The van der Waals surface area contributed by atoms with Gasteiger partial charge >= 0.3 is 5.97 Å². The fraction of sp³-hybridized carbons (Fsp3) is 0.875. The van der Waals surface area contributed by atoms with E-state index >= 15 is 0 Å². The summed E-state index contributed by atoms with van der Waals surface area (Å²) < 4.78 is 27.6. The molecule has 0 spiro atoms. The molecule has 0 saturated carbocycles. The molecule has 5 nitrogen and oxygen atoms in total. The highest BCUT2D eigenvalue weighted by Gasteiger charge is 2.52. The Morgan fingerprint density at radius 3 is 2.57 bits per heavy atom. The highest BCUT2D eigenvalue weighted by Crippen LogP contribution is 2.29. The summed E-state index contributed by atoms with van der Waals surface area (Å²) in [6, 6.07) is 0. The highest BCUT2D eigenvalue weighted by atomic mass is 32.2. The number of esters is 1. The molecule has 6 heteroatoms. The molecule has 0 aromatic carbocycles. The molecule has 0 aromatic heterocycles. The predicted molar refractivity (Wildman–Crippen MR) is 51.4 cm³/mol. The summed E-state index contributed by atoms with van der Waals surface area (Å²) in [5.74, 6) is -0.655. The Bertz CT molecular complexity index is 337. The lowest BCUT2D eigenvalue weighted by Gasteiger charge is -2.24. The van der Waals surface area contributed by atoms with Crippen LogP contribution in [-0.4, -0.2) is 37.5 Å². The SMILES string of the molecule is CCOC(=O)C1(N)CCS(=O)(=O)C1C. The van der Waals surface area contributed by atoms with Crippen molar-refractivity contribution in [1.82, 2.24) is 0 Å².